The van der Waals surface area contributed by atoms with Crippen LogP contribution < -0.4 is 4.74 Å². The van der Waals surface area contributed by atoms with Crippen molar-refractivity contribution in [2.45, 2.75) is 44.9 Å². The van der Waals surface area contributed by atoms with Gasteiger partial charge in [0.05, 0.1) is 19.5 Å². The average molecular weight is 336 g/mol. The normalized spacial score (nSPS) is 28.2. The van der Waals surface area contributed by atoms with Crippen molar-refractivity contribution in [3.63, 3.8) is 0 Å². The van der Waals surface area contributed by atoms with Crippen molar-refractivity contribution in [3.05, 3.63) is 42.7 Å². The monoisotopic (exact) mass is 336 g/mol. The number of aliphatic hydroxyl groups excluding tert-OH is 1. The van der Waals surface area contributed by atoms with Crippen LogP contribution in [0, 0.1) is 17.8 Å². The van der Waals surface area contributed by atoms with E-state index in [0.29, 0.717) is 24.0 Å². The molecule has 0 radical (unpaired) electrons. The number of aliphatic hydroxyl groups is 1. The van der Waals surface area contributed by atoms with Crippen LogP contribution in [0.1, 0.15) is 32.6 Å². The number of rotatable bonds is 9. The second kappa shape index (κ2) is 9.67. The van der Waals surface area contributed by atoms with Gasteiger partial charge in [-0.1, -0.05) is 25.1 Å². The van der Waals surface area contributed by atoms with Crippen molar-refractivity contribution >= 4 is 0 Å². The Hall–Kier alpha value is -1.55. The molecule has 24 heavy (non-hydrogen) atoms. The van der Waals surface area contributed by atoms with E-state index in [9.17, 15) is 9.50 Å². The summed E-state index contributed by atoms with van der Waals surface area (Å²) >= 11 is 0. The van der Waals surface area contributed by atoms with Crippen molar-refractivity contribution in [2.75, 3.05) is 13.7 Å². The standard InChI is InChI=1S/C20H29FO3/c1-15-13-20(22)19(9-6-12-23-2)18(15)11-10-16(21)14-24-17-7-4-3-5-8-17/h3-8,12,15-16,18-20,22H,9-11,13-14H2,1-2H3/t15-,16-,18+,19-,20+/m1/s1. The van der Waals surface area contributed by atoms with E-state index < -0.39 is 6.17 Å². The molecule has 0 amide bonds. The number of alkyl halides is 1. The van der Waals surface area contributed by atoms with E-state index in [4.69, 9.17) is 9.47 Å². The van der Waals surface area contributed by atoms with Crippen LogP contribution in [-0.2, 0) is 4.74 Å². The molecule has 1 aliphatic carbocycles. The minimum absolute atomic E-state index is 0.0852. The molecule has 0 saturated heterocycles. The van der Waals surface area contributed by atoms with E-state index in [1.807, 2.05) is 36.4 Å². The third kappa shape index (κ3) is 5.52. The van der Waals surface area contributed by atoms with E-state index in [2.05, 4.69) is 6.92 Å². The first-order valence-electron chi connectivity index (χ1n) is 8.79. The van der Waals surface area contributed by atoms with Gasteiger partial charge in [-0.05, 0) is 61.6 Å². The molecule has 0 bridgehead atoms. The third-order valence-corrected chi connectivity index (χ3v) is 5.02. The smallest absolute Gasteiger partial charge is 0.134 e. The minimum atomic E-state index is -0.981. The molecule has 2 rings (SSSR count). The molecule has 0 heterocycles. The fraction of sp³-hybridized carbons (Fsp3) is 0.600. The molecule has 1 aromatic carbocycles. The lowest BCUT2D eigenvalue weighted by molar-refractivity contribution is 0.110. The van der Waals surface area contributed by atoms with Gasteiger partial charge in [0, 0.05) is 0 Å². The van der Waals surface area contributed by atoms with Crippen LogP contribution in [0.5, 0.6) is 5.75 Å². The van der Waals surface area contributed by atoms with Crippen LogP contribution in [0.3, 0.4) is 0 Å². The number of hydrogen-bond donors (Lipinski definition) is 1. The zero-order chi connectivity index (χ0) is 17.4. The lowest BCUT2D eigenvalue weighted by Crippen LogP contribution is -2.22. The topological polar surface area (TPSA) is 38.7 Å². The first-order valence-corrected chi connectivity index (χ1v) is 8.79. The van der Waals surface area contributed by atoms with Gasteiger partial charge in [0.25, 0.3) is 0 Å². The summed E-state index contributed by atoms with van der Waals surface area (Å²) in [6.45, 7) is 2.24. The number of para-hydroxylation sites is 1. The Labute approximate surface area is 144 Å². The molecule has 1 N–H and O–H groups in total. The number of ether oxygens (including phenoxy) is 2. The highest BCUT2D eigenvalue weighted by Gasteiger charge is 2.39. The SMILES string of the molecule is COC=CC[C@@H]1[C@@H](CC[C@@H](F)COc2ccccc2)[C@H](C)C[C@@H]1O. The van der Waals surface area contributed by atoms with Crippen LogP contribution in [0.25, 0.3) is 0 Å². The van der Waals surface area contributed by atoms with Gasteiger partial charge >= 0.3 is 0 Å². The molecule has 0 aromatic heterocycles. The Bertz CT molecular complexity index is 491. The molecule has 1 aromatic rings. The highest BCUT2D eigenvalue weighted by atomic mass is 19.1. The molecule has 1 saturated carbocycles. The van der Waals surface area contributed by atoms with Crippen molar-refractivity contribution in [2.24, 2.45) is 17.8 Å². The second-order valence-corrected chi connectivity index (χ2v) is 6.75. The molecule has 0 aliphatic heterocycles. The highest BCUT2D eigenvalue weighted by molar-refractivity contribution is 5.20. The molecule has 5 atom stereocenters. The van der Waals surface area contributed by atoms with E-state index in [1.165, 1.54) is 0 Å². The summed E-state index contributed by atoms with van der Waals surface area (Å²) in [4.78, 5) is 0. The Balaban J connectivity index is 1.78. The minimum Gasteiger partial charge on any atom is -0.505 e. The van der Waals surface area contributed by atoms with E-state index in [1.54, 1.807) is 13.4 Å². The van der Waals surface area contributed by atoms with Crippen LogP contribution >= 0.6 is 0 Å². The second-order valence-electron chi connectivity index (χ2n) is 6.75. The lowest BCUT2D eigenvalue weighted by atomic mass is 9.83. The van der Waals surface area contributed by atoms with Crippen LogP contribution in [0.4, 0.5) is 4.39 Å². The molecule has 1 fully saturated rings. The Morgan fingerprint density at radius 3 is 2.75 bits per heavy atom. The fourth-order valence-electron chi connectivity index (χ4n) is 3.74. The summed E-state index contributed by atoms with van der Waals surface area (Å²) in [5.41, 5.74) is 0. The summed E-state index contributed by atoms with van der Waals surface area (Å²) < 4.78 is 24.6. The largest absolute Gasteiger partial charge is 0.505 e. The maximum absolute atomic E-state index is 14.2. The first-order chi connectivity index (χ1) is 11.6. The predicted molar refractivity (Wildman–Crippen MR) is 93.6 cm³/mol. The van der Waals surface area contributed by atoms with Gasteiger partial charge in [-0.15, -0.1) is 0 Å². The lowest BCUT2D eigenvalue weighted by Gasteiger charge is -2.24. The Morgan fingerprint density at radius 1 is 1.29 bits per heavy atom. The van der Waals surface area contributed by atoms with Crippen LogP contribution in [0.2, 0.25) is 0 Å². The summed E-state index contributed by atoms with van der Waals surface area (Å²) in [5, 5.41) is 10.3. The predicted octanol–water partition coefficient (Wildman–Crippen LogP) is 4.37. The van der Waals surface area contributed by atoms with E-state index in [0.717, 1.165) is 19.3 Å². The zero-order valence-electron chi connectivity index (χ0n) is 14.6. The Kier molecular flexibility index (Phi) is 7.57. The molecule has 0 unspecified atom stereocenters. The van der Waals surface area contributed by atoms with Crippen molar-refractivity contribution in [1.82, 2.24) is 0 Å². The maximum Gasteiger partial charge on any atom is 0.134 e. The summed E-state index contributed by atoms with van der Waals surface area (Å²) in [7, 11) is 1.61. The maximum atomic E-state index is 14.2. The van der Waals surface area contributed by atoms with Crippen molar-refractivity contribution in [1.29, 1.82) is 0 Å². The first kappa shape index (κ1) is 18.8. The number of halogens is 1. The van der Waals surface area contributed by atoms with Gasteiger partial charge in [0.15, 0.2) is 0 Å². The van der Waals surface area contributed by atoms with Crippen molar-refractivity contribution in [3.8, 4) is 5.75 Å². The number of allylic oxidation sites excluding steroid dienone is 1. The number of hydrogen-bond acceptors (Lipinski definition) is 3. The van der Waals surface area contributed by atoms with Gasteiger partial charge in [-0.2, -0.15) is 0 Å². The van der Waals surface area contributed by atoms with E-state index in [-0.39, 0.29) is 18.6 Å². The van der Waals surface area contributed by atoms with Gasteiger partial charge in [-0.3, -0.25) is 0 Å². The summed E-state index contributed by atoms with van der Waals surface area (Å²) in [6.07, 6.45) is 5.15. The van der Waals surface area contributed by atoms with Gasteiger partial charge in [-0.25, -0.2) is 4.39 Å². The third-order valence-electron chi connectivity index (χ3n) is 5.02. The van der Waals surface area contributed by atoms with Gasteiger partial charge in [0.1, 0.15) is 18.5 Å². The number of benzene rings is 1. The van der Waals surface area contributed by atoms with Crippen LogP contribution in [-0.4, -0.2) is 31.1 Å². The molecule has 0 spiro atoms. The van der Waals surface area contributed by atoms with E-state index >= 15 is 0 Å². The number of methoxy groups -OCH3 is 1. The van der Waals surface area contributed by atoms with Gasteiger partial charge < -0.3 is 14.6 Å². The molecular weight excluding hydrogens is 307 g/mol. The fourth-order valence-corrected chi connectivity index (χ4v) is 3.74. The van der Waals surface area contributed by atoms with Crippen molar-refractivity contribution < 1.29 is 19.0 Å². The zero-order valence-corrected chi connectivity index (χ0v) is 14.6. The summed E-state index contributed by atoms with van der Waals surface area (Å²) in [6, 6.07) is 9.33. The molecule has 3 nitrogen and oxygen atoms in total. The average Bonchev–Trinajstić information content (AvgIpc) is 2.85. The molecule has 1 aliphatic rings. The van der Waals surface area contributed by atoms with Gasteiger partial charge in [0.2, 0.25) is 0 Å². The summed E-state index contributed by atoms with van der Waals surface area (Å²) in [5.74, 6) is 1.65. The molecular formula is C20H29FO3. The van der Waals surface area contributed by atoms with Crippen LogP contribution in [0.15, 0.2) is 42.7 Å². The molecule has 4 heteroatoms. The quantitative estimate of drug-likeness (QED) is 0.681. The highest BCUT2D eigenvalue weighted by Crippen LogP contribution is 2.42. The molecule has 134 valence electrons. The Morgan fingerprint density at radius 2 is 2.04 bits per heavy atom.